The molecule has 0 fully saturated rings. The van der Waals surface area contributed by atoms with E-state index < -0.39 is 17.3 Å². The topological polar surface area (TPSA) is 103 Å². The monoisotopic (exact) mass is 762 g/mol. The van der Waals surface area contributed by atoms with E-state index in [0.717, 1.165) is 53.2 Å². The second-order valence-corrected chi connectivity index (χ2v) is 16.3. The van der Waals surface area contributed by atoms with Gasteiger partial charge < -0.3 is 39.0 Å². The third kappa shape index (κ3) is 11.7. The standard InChI is InChI=1S/C23H30N2O3.C23H28N2O3/c2*1-16(24-22(26)28-23(2,3)4)15-25-13-12-18-6-7-19(14-21(18)25)17-8-10-20(27-5)11-9-17/h6-11,14,16H,12-13,15H2,1-5H3,(H,24,26);6-14,16H,15H2,1-5H3,(H,24,26)/t2*16-/m00/s1. The molecule has 0 saturated carbocycles. The average Bonchev–Trinajstić information content (AvgIpc) is 3.72. The Bertz CT molecular complexity index is 2080. The predicted octanol–water partition coefficient (Wildman–Crippen LogP) is 9.87. The summed E-state index contributed by atoms with van der Waals surface area (Å²) >= 11 is 0. The molecule has 0 unspecified atom stereocenters. The summed E-state index contributed by atoms with van der Waals surface area (Å²) in [5, 5.41) is 7.01. The summed E-state index contributed by atoms with van der Waals surface area (Å²) in [5.74, 6) is 1.70. The van der Waals surface area contributed by atoms with Crippen LogP contribution in [0.2, 0.25) is 0 Å². The Hall–Kier alpha value is -5.64. The fourth-order valence-electron chi connectivity index (χ4n) is 6.64. The molecule has 10 heteroatoms. The average molecular weight is 763 g/mol. The molecule has 1 aliphatic rings. The van der Waals surface area contributed by atoms with Gasteiger partial charge in [0, 0.05) is 49.1 Å². The van der Waals surface area contributed by atoms with Crippen molar-refractivity contribution in [3.05, 3.63) is 103 Å². The SMILES string of the molecule is COc1ccc(-c2ccc3c(c2)N(C[C@H](C)NC(=O)OC(C)(C)C)CC3)cc1.COc1ccc(-c2ccc3ccn(C[C@H](C)NC(=O)OC(C)(C)C)c3c2)cc1. The van der Waals surface area contributed by atoms with Crippen molar-refractivity contribution in [2.75, 3.05) is 32.2 Å². The van der Waals surface area contributed by atoms with Gasteiger partial charge in [-0.3, -0.25) is 0 Å². The normalized spacial score (nSPS) is 13.5. The molecule has 4 aromatic carbocycles. The molecule has 0 bridgehead atoms. The van der Waals surface area contributed by atoms with Gasteiger partial charge in [-0.05, 0) is 137 Å². The molecule has 298 valence electrons. The lowest BCUT2D eigenvalue weighted by molar-refractivity contribution is 0.0495. The van der Waals surface area contributed by atoms with Crippen LogP contribution < -0.4 is 25.0 Å². The number of nitrogens with one attached hydrogen (secondary N) is 2. The van der Waals surface area contributed by atoms with Gasteiger partial charge in [-0.15, -0.1) is 0 Å². The Balaban J connectivity index is 0.000000214. The number of rotatable bonds is 10. The number of hydrogen-bond acceptors (Lipinski definition) is 7. The number of amides is 2. The maximum Gasteiger partial charge on any atom is 0.407 e. The molecule has 2 heterocycles. The quantitative estimate of drug-likeness (QED) is 0.146. The van der Waals surface area contributed by atoms with Gasteiger partial charge in [-0.1, -0.05) is 48.5 Å². The zero-order valence-electron chi connectivity index (χ0n) is 34.6. The van der Waals surface area contributed by atoms with E-state index >= 15 is 0 Å². The number of anilines is 1. The molecule has 2 N–H and O–H groups in total. The van der Waals surface area contributed by atoms with Gasteiger partial charge >= 0.3 is 12.2 Å². The molecule has 5 aromatic rings. The second-order valence-electron chi connectivity index (χ2n) is 16.3. The lowest BCUT2D eigenvalue weighted by atomic mass is 10.0. The van der Waals surface area contributed by atoms with Crippen LogP contribution in [0.25, 0.3) is 33.2 Å². The van der Waals surface area contributed by atoms with Gasteiger partial charge in [-0.2, -0.15) is 0 Å². The minimum absolute atomic E-state index is 0.00885. The van der Waals surface area contributed by atoms with Crippen LogP contribution in [0.3, 0.4) is 0 Å². The van der Waals surface area contributed by atoms with E-state index in [2.05, 4.69) is 93.0 Å². The van der Waals surface area contributed by atoms with Crippen LogP contribution in [0.15, 0.2) is 97.2 Å². The van der Waals surface area contributed by atoms with Gasteiger partial charge in [0.2, 0.25) is 0 Å². The molecule has 0 spiro atoms. The van der Waals surface area contributed by atoms with Gasteiger partial charge in [0.05, 0.1) is 14.2 Å². The maximum atomic E-state index is 12.0. The first-order valence-electron chi connectivity index (χ1n) is 19.2. The van der Waals surface area contributed by atoms with Gasteiger partial charge in [-0.25, -0.2) is 9.59 Å². The largest absolute Gasteiger partial charge is 0.497 e. The predicted molar refractivity (Wildman–Crippen MR) is 226 cm³/mol. The molecule has 56 heavy (non-hydrogen) atoms. The van der Waals surface area contributed by atoms with Crippen LogP contribution in [0, 0.1) is 0 Å². The summed E-state index contributed by atoms with van der Waals surface area (Å²) in [6, 6.07) is 31.2. The first-order valence-corrected chi connectivity index (χ1v) is 19.2. The molecule has 6 rings (SSSR count). The number of ether oxygens (including phenoxy) is 4. The van der Waals surface area contributed by atoms with Crippen LogP contribution in [0.1, 0.15) is 61.0 Å². The van der Waals surface area contributed by atoms with Crippen LogP contribution in [0.5, 0.6) is 11.5 Å². The third-order valence-electron chi connectivity index (χ3n) is 9.19. The zero-order valence-corrected chi connectivity index (χ0v) is 34.6. The van der Waals surface area contributed by atoms with Crippen molar-refractivity contribution in [2.24, 2.45) is 0 Å². The third-order valence-corrected chi connectivity index (χ3v) is 9.19. The fourth-order valence-corrected chi connectivity index (χ4v) is 6.64. The number of hydrogen-bond donors (Lipinski definition) is 2. The maximum absolute atomic E-state index is 12.0. The Labute approximate surface area is 332 Å². The van der Waals surface area contributed by atoms with Crippen LogP contribution in [0.4, 0.5) is 15.3 Å². The Morgan fingerprint density at radius 1 is 0.643 bits per heavy atom. The highest BCUT2D eigenvalue weighted by Gasteiger charge is 2.24. The Kier molecular flexibility index (Phi) is 13.3. The molecule has 2 amide bonds. The lowest BCUT2D eigenvalue weighted by Gasteiger charge is -2.26. The number of carbonyl (C=O) groups is 2. The van der Waals surface area contributed by atoms with Crippen molar-refractivity contribution in [1.29, 1.82) is 0 Å². The van der Waals surface area contributed by atoms with E-state index in [4.69, 9.17) is 18.9 Å². The molecular weight excluding hydrogens is 705 g/mol. The number of carbonyl (C=O) groups excluding carboxylic acids is 2. The number of fused-ring (bicyclic) bond motifs is 2. The molecule has 0 aliphatic carbocycles. The minimum Gasteiger partial charge on any atom is -0.497 e. The van der Waals surface area contributed by atoms with Crippen LogP contribution in [-0.4, -0.2) is 67.3 Å². The van der Waals surface area contributed by atoms with E-state index in [1.807, 2.05) is 79.7 Å². The summed E-state index contributed by atoms with van der Waals surface area (Å²) in [4.78, 5) is 26.4. The molecule has 2 atom stereocenters. The molecule has 10 nitrogen and oxygen atoms in total. The van der Waals surface area contributed by atoms with E-state index in [9.17, 15) is 9.59 Å². The van der Waals surface area contributed by atoms with E-state index in [0.29, 0.717) is 6.54 Å². The first kappa shape index (κ1) is 41.5. The fraction of sp³-hybridized carbons (Fsp3) is 0.391. The number of alkyl carbamates (subject to hydrolysis) is 2. The van der Waals surface area contributed by atoms with E-state index in [1.165, 1.54) is 22.2 Å². The number of nitrogens with zero attached hydrogens (tertiary/aromatic N) is 2. The van der Waals surface area contributed by atoms with Crippen molar-refractivity contribution >= 4 is 28.8 Å². The van der Waals surface area contributed by atoms with Gasteiger partial charge in [0.15, 0.2) is 0 Å². The number of aromatic nitrogens is 1. The summed E-state index contributed by atoms with van der Waals surface area (Å²) < 4.78 is 23.3. The highest BCUT2D eigenvalue weighted by Crippen LogP contribution is 2.34. The van der Waals surface area contributed by atoms with Crippen molar-refractivity contribution in [3.8, 4) is 33.8 Å². The summed E-state index contributed by atoms with van der Waals surface area (Å²) in [6.45, 7) is 17.5. The minimum atomic E-state index is -0.503. The number of methoxy groups -OCH3 is 2. The van der Waals surface area contributed by atoms with E-state index in [-0.39, 0.29) is 18.2 Å². The van der Waals surface area contributed by atoms with Crippen molar-refractivity contribution < 1.29 is 28.5 Å². The van der Waals surface area contributed by atoms with Crippen molar-refractivity contribution in [1.82, 2.24) is 15.2 Å². The van der Waals surface area contributed by atoms with Crippen LogP contribution >= 0.6 is 0 Å². The smallest absolute Gasteiger partial charge is 0.407 e. The molecule has 1 aromatic heterocycles. The van der Waals surface area contributed by atoms with Crippen molar-refractivity contribution in [3.63, 3.8) is 0 Å². The molecule has 0 saturated heterocycles. The van der Waals surface area contributed by atoms with E-state index in [1.54, 1.807) is 14.2 Å². The second kappa shape index (κ2) is 17.9. The van der Waals surface area contributed by atoms with Gasteiger partial charge in [0.1, 0.15) is 22.7 Å². The molecule has 1 aliphatic heterocycles. The molecular formula is C46H58N4O6. The molecule has 0 radical (unpaired) electrons. The summed E-state index contributed by atoms with van der Waals surface area (Å²) in [5.41, 5.74) is 7.35. The van der Waals surface area contributed by atoms with Crippen LogP contribution in [-0.2, 0) is 22.4 Å². The highest BCUT2D eigenvalue weighted by atomic mass is 16.6. The summed E-state index contributed by atoms with van der Waals surface area (Å²) in [6.07, 6.45) is 2.31. The Morgan fingerprint density at radius 2 is 1.12 bits per heavy atom. The first-order chi connectivity index (χ1) is 26.5. The van der Waals surface area contributed by atoms with Gasteiger partial charge in [0.25, 0.3) is 0 Å². The highest BCUT2D eigenvalue weighted by molar-refractivity contribution is 5.85. The zero-order chi connectivity index (χ0) is 40.6. The van der Waals surface area contributed by atoms with Crippen molar-refractivity contribution in [2.45, 2.75) is 91.6 Å². The Morgan fingerprint density at radius 3 is 1.64 bits per heavy atom. The summed E-state index contributed by atoms with van der Waals surface area (Å²) in [7, 11) is 3.34. The lowest BCUT2D eigenvalue weighted by Crippen LogP contribution is -2.43. The number of benzene rings is 4.